The van der Waals surface area contributed by atoms with Crippen LogP contribution >= 0.6 is 22.7 Å². The number of oxime groups is 1. The highest BCUT2D eigenvalue weighted by molar-refractivity contribution is 7.27. The first kappa shape index (κ1) is 13.4. The summed E-state index contributed by atoms with van der Waals surface area (Å²) in [6, 6.07) is 4.00. The number of amides is 1. The molecule has 7 heteroatoms. The maximum Gasteiger partial charge on any atom is 0.264 e. The molecule has 1 amide bonds. The van der Waals surface area contributed by atoms with Crippen LogP contribution in [-0.2, 0) is 0 Å². The van der Waals surface area contributed by atoms with Gasteiger partial charge in [0.2, 0.25) is 0 Å². The van der Waals surface area contributed by atoms with Crippen LogP contribution in [0.2, 0.25) is 0 Å². The molecule has 3 heterocycles. The molecule has 1 aliphatic heterocycles. The van der Waals surface area contributed by atoms with Crippen molar-refractivity contribution in [3.05, 3.63) is 22.4 Å². The number of likely N-dealkylation sites (tertiary alicyclic amines) is 1. The SMILES string of the molecule is N/C(=N/O)C1CCCN(C(=O)c2cc3sccc3s2)C1. The molecule has 1 saturated heterocycles. The molecule has 20 heavy (non-hydrogen) atoms. The van der Waals surface area contributed by atoms with E-state index < -0.39 is 0 Å². The van der Waals surface area contributed by atoms with Gasteiger partial charge < -0.3 is 15.8 Å². The average molecular weight is 309 g/mol. The minimum absolute atomic E-state index is 0.0428. The predicted molar refractivity (Wildman–Crippen MR) is 81.7 cm³/mol. The predicted octanol–water partition coefficient (Wildman–Crippen LogP) is 2.56. The van der Waals surface area contributed by atoms with Crippen LogP contribution in [0.4, 0.5) is 0 Å². The second-order valence-corrected chi connectivity index (χ2v) is 6.91. The number of nitrogens with zero attached hydrogens (tertiary/aromatic N) is 2. The molecule has 1 unspecified atom stereocenters. The normalized spacial score (nSPS) is 20.5. The zero-order valence-electron chi connectivity index (χ0n) is 10.8. The van der Waals surface area contributed by atoms with E-state index in [9.17, 15) is 4.79 Å². The fourth-order valence-corrected chi connectivity index (χ4v) is 4.59. The van der Waals surface area contributed by atoms with E-state index in [4.69, 9.17) is 10.9 Å². The lowest BCUT2D eigenvalue weighted by molar-refractivity contribution is 0.0706. The molecule has 2 aromatic heterocycles. The van der Waals surface area contributed by atoms with E-state index in [-0.39, 0.29) is 17.7 Å². The van der Waals surface area contributed by atoms with Crippen LogP contribution in [0.3, 0.4) is 0 Å². The number of carbonyl (C=O) groups is 1. The van der Waals surface area contributed by atoms with E-state index in [1.165, 1.54) is 11.3 Å². The zero-order chi connectivity index (χ0) is 14.1. The number of amidine groups is 1. The molecule has 0 aromatic carbocycles. The summed E-state index contributed by atoms with van der Waals surface area (Å²) < 4.78 is 2.31. The largest absolute Gasteiger partial charge is 0.409 e. The molecule has 3 N–H and O–H groups in total. The van der Waals surface area contributed by atoms with Crippen molar-refractivity contribution < 1.29 is 10.0 Å². The Morgan fingerprint density at radius 2 is 2.35 bits per heavy atom. The highest BCUT2D eigenvalue weighted by Crippen LogP contribution is 2.31. The lowest BCUT2D eigenvalue weighted by atomic mass is 9.97. The molecule has 5 nitrogen and oxygen atoms in total. The van der Waals surface area contributed by atoms with Gasteiger partial charge in [-0.1, -0.05) is 5.16 Å². The molecular formula is C13H15N3O2S2. The van der Waals surface area contributed by atoms with E-state index in [0.29, 0.717) is 6.54 Å². The van der Waals surface area contributed by atoms with Gasteiger partial charge in [0.25, 0.3) is 5.91 Å². The van der Waals surface area contributed by atoms with Gasteiger partial charge in [0.15, 0.2) is 0 Å². The molecule has 1 aliphatic rings. The molecule has 0 bridgehead atoms. The van der Waals surface area contributed by atoms with Crippen molar-refractivity contribution in [1.82, 2.24) is 4.90 Å². The Morgan fingerprint density at radius 1 is 1.50 bits per heavy atom. The Hall–Kier alpha value is -1.60. The Labute approximate surface area is 124 Å². The first-order valence-corrected chi connectivity index (χ1v) is 8.12. The lowest BCUT2D eigenvalue weighted by Gasteiger charge is -2.31. The summed E-state index contributed by atoms with van der Waals surface area (Å²) in [6.07, 6.45) is 1.74. The van der Waals surface area contributed by atoms with Crippen molar-refractivity contribution in [3.63, 3.8) is 0 Å². The summed E-state index contributed by atoms with van der Waals surface area (Å²) in [4.78, 5) is 15.1. The fourth-order valence-electron chi connectivity index (χ4n) is 2.51. The van der Waals surface area contributed by atoms with E-state index in [1.807, 2.05) is 22.4 Å². The number of thiophene rings is 2. The Balaban J connectivity index is 1.78. The molecule has 2 aromatic rings. The van der Waals surface area contributed by atoms with Gasteiger partial charge >= 0.3 is 0 Å². The number of hydrogen-bond donors (Lipinski definition) is 2. The van der Waals surface area contributed by atoms with Crippen molar-refractivity contribution >= 4 is 43.8 Å². The Kier molecular flexibility index (Phi) is 3.62. The third kappa shape index (κ3) is 2.38. The number of carbonyl (C=O) groups excluding carboxylic acids is 1. The summed E-state index contributed by atoms with van der Waals surface area (Å²) >= 11 is 3.18. The van der Waals surface area contributed by atoms with Crippen LogP contribution in [0, 0.1) is 5.92 Å². The molecular weight excluding hydrogens is 294 g/mol. The Morgan fingerprint density at radius 3 is 3.10 bits per heavy atom. The summed E-state index contributed by atoms with van der Waals surface area (Å²) in [5, 5.41) is 13.9. The van der Waals surface area contributed by atoms with Crippen LogP contribution in [0.25, 0.3) is 9.40 Å². The van der Waals surface area contributed by atoms with E-state index in [0.717, 1.165) is 33.7 Å². The number of hydrogen-bond acceptors (Lipinski definition) is 5. The van der Waals surface area contributed by atoms with Gasteiger partial charge in [0.05, 0.1) is 4.88 Å². The number of rotatable bonds is 2. The van der Waals surface area contributed by atoms with Gasteiger partial charge in [-0.25, -0.2) is 0 Å². The van der Waals surface area contributed by atoms with Crippen molar-refractivity contribution in [2.45, 2.75) is 12.8 Å². The highest BCUT2D eigenvalue weighted by atomic mass is 32.1. The molecule has 3 rings (SSSR count). The topological polar surface area (TPSA) is 78.9 Å². The van der Waals surface area contributed by atoms with Crippen LogP contribution in [-0.4, -0.2) is 34.9 Å². The third-order valence-corrected chi connectivity index (χ3v) is 5.67. The quantitative estimate of drug-likeness (QED) is 0.387. The van der Waals surface area contributed by atoms with Crippen molar-refractivity contribution in [2.75, 3.05) is 13.1 Å². The highest BCUT2D eigenvalue weighted by Gasteiger charge is 2.27. The zero-order valence-corrected chi connectivity index (χ0v) is 12.4. The monoisotopic (exact) mass is 309 g/mol. The smallest absolute Gasteiger partial charge is 0.264 e. The summed E-state index contributed by atoms with van der Waals surface area (Å²) in [7, 11) is 0. The van der Waals surface area contributed by atoms with Gasteiger partial charge in [-0.15, -0.1) is 22.7 Å². The third-order valence-electron chi connectivity index (χ3n) is 3.59. The fraction of sp³-hybridized carbons (Fsp3) is 0.385. The molecule has 0 saturated carbocycles. The van der Waals surface area contributed by atoms with Gasteiger partial charge in [-0.05, 0) is 30.4 Å². The number of fused-ring (bicyclic) bond motifs is 1. The summed E-state index contributed by atoms with van der Waals surface area (Å²) in [6.45, 7) is 1.26. The van der Waals surface area contributed by atoms with Crippen molar-refractivity contribution in [1.29, 1.82) is 0 Å². The van der Waals surface area contributed by atoms with Crippen LogP contribution in [0.5, 0.6) is 0 Å². The van der Waals surface area contributed by atoms with E-state index in [1.54, 1.807) is 11.3 Å². The van der Waals surface area contributed by atoms with Crippen LogP contribution < -0.4 is 5.73 Å². The summed E-state index contributed by atoms with van der Waals surface area (Å²) in [5.74, 6) is 0.224. The molecule has 1 atom stereocenters. The van der Waals surface area contributed by atoms with Gasteiger partial charge in [0.1, 0.15) is 5.84 Å². The van der Waals surface area contributed by atoms with Gasteiger partial charge in [-0.3, -0.25) is 4.79 Å². The summed E-state index contributed by atoms with van der Waals surface area (Å²) in [5.41, 5.74) is 5.66. The lowest BCUT2D eigenvalue weighted by Crippen LogP contribution is -2.44. The minimum atomic E-state index is -0.0428. The van der Waals surface area contributed by atoms with Crippen LogP contribution in [0.15, 0.2) is 22.7 Å². The molecule has 0 aliphatic carbocycles. The maximum absolute atomic E-state index is 12.5. The number of nitrogens with two attached hydrogens (primary N) is 1. The second kappa shape index (κ2) is 5.41. The molecule has 0 spiro atoms. The molecule has 106 valence electrons. The first-order chi connectivity index (χ1) is 9.69. The number of piperidine rings is 1. The second-order valence-electron chi connectivity index (χ2n) is 4.87. The Bertz CT molecular complexity index is 633. The van der Waals surface area contributed by atoms with Gasteiger partial charge in [-0.2, -0.15) is 0 Å². The van der Waals surface area contributed by atoms with Crippen molar-refractivity contribution in [3.8, 4) is 0 Å². The maximum atomic E-state index is 12.5. The van der Waals surface area contributed by atoms with Crippen LogP contribution in [0.1, 0.15) is 22.5 Å². The van der Waals surface area contributed by atoms with E-state index >= 15 is 0 Å². The first-order valence-electron chi connectivity index (χ1n) is 6.43. The minimum Gasteiger partial charge on any atom is -0.409 e. The standard InChI is InChI=1S/C13H15N3O2S2/c14-12(15-18)8-2-1-4-16(7-8)13(17)11-6-10-9(20-11)3-5-19-10/h3,5-6,8,18H,1-2,4,7H2,(H2,14,15). The molecule has 1 fully saturated rings. The average Bonchev–Trinajstić information content (AvgIpc) is 3.07. The van der Waals surface area contributed by atoms with Crippen molar-refractivity contribution in [2.24, 2.45) is 16.8 Å². The van der Waals surface area contributed by atoms with Gasteiger partial charge in [0, 0.05) is 28.4 Å². The molecule has 0 radical (unpaired) electrons. The van der Waals surface area contributed by atoms with E-state index in [2.05, 4.69) is 5.16 Å².